The van der Waals surface area contributed by atoms with E-state index in [1.807, 2.05) is 0 Å². The zero-order valence-corrected chi connectivity index (χ0v) is 7.02. The highest BCUT2D eigenvalue weighted by molar-refractivity contribution is 4.54. The maximum absolute atomic E-state index is 11.5. The molecule has 67 valence electrons. The van der Waals surface area contributed by atoms with Crippen molar-refractivity contribution in [2.75, 3.05) is 6.61 Å². The summed E-state index contributed by atoms with van der Waals surface area (Å²) in [5.74, 6) is 0.599. The predicted octanol–water partition coefficient (Wildman–Crippen LogP) is 2.87. The van der Waals surface area contributed by atoms with Gasteiger partial charge in [0.15, 0.2) is 0 Å². The topological polar surface area (TPSA) is 9.23 Å². The molecule has 0 atom stereocenters. The van der Waals surface area contributed by atoms with Crippen LogP contribution in [0.25, 0.3) is 0 Å². The van der Waals surface area contributed by atoms with Gasteiger partial charge in [0.2, 0.25) is 0 Å². The number of ether oxygens (including phenoxy) is 1. The lowest BCUT2D eigenvalue weighted by atomic mass is 10.1. The number of halogens is 2. The van der Waals surface area contributed by atoms with E-state index in [4.69, 9.17) is 0 Å². The molecule has 11 heavy (non-hydrogen) atoms. The molecule has 0 saturated carbocycles. The highest BCUT2D eigenvalue weighted by atomic mass is 19.3. The molecule has 3 heteroatoms. The Labute approximate surface area is 66.7 Å². The Morgan fingerprint density at radius 1 is 1.36 bits per heavy atom. The van der Waals surface area contributed by atoms with Gasteiger partial charge in [-0.15, -0.1) is 0 Å². The van der Waals surface area contributed by atoms with Crippen molar-refractivity contribution in [2.45, 2.75) is 33.1 Å². The van der Waals surface area contributed by atoms with Gasteiger partial charge in [-0.25, -0.2) is 8.78 Å². The molecule has 1 nitrogen and oxygen atoms in total. The first-order valence-corrected chi connectivity index (χ1v) is 3.84. The first kappa shape index (κ1) is 10.8. The molecule has 0 bridgehead atoms. The number of alkyl halides is 2. The third-order valence-corrected chi connectivity index (χ3v) is 1.20. The first-order valence-electron chi connectivity index (χ1n) is 3.84. The van der Waals surface area contributed by atoms with E-state index < -0.39 is 13.0 Å². The summed E-state index contributed by atoms with van der Waals surface area (Å²) in [4.78, 5) is 0. The van der Waals surface area contributed by atoms with Crippen molar-refractivity contribution in [1.29, 1.82) is 0 Å². The third kappa shape index (κ3) is 9.82. The van der Waals surface area contributed by atoms with Crippen molar-refractivity contribution in [3.8, 4) is 0 Å². The summed E-state index contributed by atoms with van der Waals surface area (Å²) in [7, 11) is 0. The van der Waals surface area contributed by atoms with E-state index >= 15 is 0 Å². The smallest absolute Gasteiger partial charge is 0.261 e. The van der Waals surface area contributed by atoms with E-state index in [1.54, 1.807) is 0 Å². The molecule has 0 aliphatic heterocycles. The van der Waals surface area contributed by atoms with Crippen LogP contribution in [0.2, 0.25) is 0 Å². The van der Waals surface area contributed by atoms with Gasteiger partial charge in [0.25, 0.3) is 6.43 Å². The van der Waals surface area contributed by atoms with Crippen molar-refractivity contribution in [3.63, 3.8) is 0 Å². The van der Waals surface area contributed by atoms with Crippen LogP contribution in [0.3, 0.4) is 0 Å². The summed E-state index contributed by atoms with van der Waals surface area (Å²) in [6.45, 7) is 5.16. The Bertz CT molecular complexity index is 74.2. The standard InChI is InChI=1S/C8H15F2O/c1-7(2)4-3-5-11-6-8(9)10/h5,7-8H,3-4,6H2,1-2H3. The minimum atomic E-state index is -2.36. The van der Waals surface area contributed by atoms with E-state index in [1.165, 1.54) is 6.61 Å². The molecule has 1 radical (unpaired) electrons. The number of hydrogen-bond donors (Lipinski definition) is 0. The lowest BCUT2D eigenvalue weighted by Crippen LogP contribution is -2.02. The predicted molar refractivity (Wildman–Crippen MR) is 40.3 cm³/mol. The second-order valence-corrected chi connectivity index (χ2v) is 2.86. The van der Waals surface area contributed by atoms with Gasteiger partial charge in [-0.05, 0) is 18.8 Å². The molecule has 0 rings (SSSR count). The normalized spacial score (nSPS) is 11.5. The van der Waals surface area contributed by atoms with E-state index in [-0.39, 0.29) is 0 Å². The minimum absolute atomic E-state index is 0.474. The van der Waals surface area contributed by atoms with Gasteiger partial charge in [-0.3, -0.25) is 0 Å². The molecule has 0 amide bonds. The molecule has 0 unspecified atom stereocenters. The molecule has 0 N–H and O–H groups in total. The Morgan fingerprint density at radius 3 is 2.45 bits per heavy atom. The molecule has 0 spiro atoms. The van der Waals surface area contributed by atoms with E-state index in [2.05, 4.69) is 18.6 Å². The fourth-order valence-electron chi connectivity index (χ4n) is 0.625. The van der Waals surface area contributed by atoms with Crippen molar-refractivity contribution < 1.29 is 13.5 Å². The maximum atomic E-state index is 11.5. The third-order valence-electron chi connectivity index (χ3n) is 1.20. The van der Waals surface area contributed by atoms with Gasteiger partial charge in [0, 0.05) is 0 Å². The molecule has 0 aliphatic carbocycles. The van der Waals surface area contributed by atoms with Crippen molar-refractivity contribution in [2.24, 2.45) is 5.92 Å². The fourth-order valence-corrected chi connectivity index (χ4v) is 0.625. The van der Waals surface area contributed by atoms with Crippen LogP contribution >= 0.6 is 0 Å². The Morgan fingerprint density at radius 2 is 2.00 bits per heavy atom. The summed E-state index contributed by atoms with van der Waals surface area (Å²) in [6, 6.07) is 0. The summed E-state index contributed by atoms with van der Waals surface area (Å²) < 4.78 is 27.5. The fraction of sp³-hybridized carbons (Fsp3) is 0.875. The SMILES string of the molecule is CC(C)CC[CH]OCC(F)F. The summed E-state index contributed by atoms with van der Waals surface area (Å²) >= 11 is 0. The largest absolute Gasteiger partial charge is 0.370 e. The van der Waals surface area contributed by atoms with Gasteiger partial charge in [0.1, 0.15) is 6.61 Å². The van der Waals surface area contributed by atoms with Crippen LogP contribution in [0.15, 0.2) is 0 Å². The molecule has 0 aromatic rings. The minimum Gasteiger partial charge on any atom is -0.370 e. The molecular weight excluding hydrogens is 150 g/mol. The second kappa shape index (κ2) is 6.53. The summed E-state index contributed by atoms with van der Waals surface area (Å²) in [5, 5.41) is 0. The van der Waals surface area contributed by atoms with Crippen LogP contribution in [0.4, 0.5) is 8.78 Å². The first-order chi connectivity index (χ1) is 5.13. The monoisotopic (exact) mass is 165 g/mol. The lowest BCUT2D eigenvalue weighted by molar-refractivity contribution is 0.0412. The Balaban J connectivity index is 2.91. The number of hydrogen-bond acceptors (Lipinski definition) is 1. The van der Waals surface area contributed by atoms with Gasteiger partial charge in [-0.2, -0.15) is 0 Å². The lowest BCUT2D eigenvalue weighted by Gasteiger charge is -2.04. The van der Waals surface area contributed by atoms with Gasteiger partial charge < -0.3 is 4.74 Å². The van der Waals surface area contributed by atoms with Crippen LogP contribution < -0.4 is 0 Å². The van der Waals surface area contributed by atoms with Crippen LogP contribution in [0, 0.1) is 12.5 Å². The van der Waals surface area contributed by atoms with E-state index in [9.17, 15) is 8.78 Å². The quantitative estimate of drug-likeness (QED) is 0.550. The molecule has 0 aromatic carbocycles. The van der Waals surface area contributed by atoms with Crippen molar-refractivity contribution in [1.82, 2.24) is 0 Å². The van der Waals surface area contributed by atoms with Crippen LogP contribution in [0.5, 0.6) is 0 Å². The molecule has 0 aromatic heterocycles. The molecule has 0 aliphatic rings. The highest BCUT2D eigenvalue weighted by Crippen LogP contribution is 2.06. The van der Waals surface area contributed by atoms with Crippen LogP contribution in [0.1, 0.15) is 26.7 Å². The van der Waals surface area contributed by atoms with E-state index in [0.717, 1.165) is 12.8 Å². The maximum Gasteiger partial charge on any atom is 0.261 e. The zero-order chi connectivity index (χ0) is 8.69. The average Bonchev–Trinajstić information content (AvgIpc) is 1.85. The summed E-state index contributed by atoms with van der Waals surface area (Å²) in [6.07, 6.45) is -0.613. The second-order valence-electron chi connectivity index (χ2n) is 2.86. The van der Waals surface area contributed by atoms with Gasteiger partial charge in [0.05, 0.1) is 6.61 Å². The Hall–Kier alpha value is -0.180. The van der Waals surface area contributed by atoms with Gasteiger partial charge in [-0.1, -0.05) is 13.8 Å². The van der Waals surface area contributed by atoms with Crippen molar-refractivity contribution in [3.05, 3.63) is 6.61 Å². The molecule has 0 saturated heterocycles. The zero-order valence-electron chi connectivity index (χ0n) is 7.02. The Kier molecular flexibility index (Phi) is 6.42. The molecule has 0 heterocycles. The molecular formula is C8H15F2O. The number of rotatable bonds is 6. The van der Waals surface area contributed by atoms with E-state index in [0.29, 0.717) is 5.92 Å². The van der Waals surface area contributed by atoms with Crippen LogP contribution in [-0.2, 0) is 4.74 Å². The van der Waals surface area contributed by atoms with Gasteiger partial charge >= 0.3 is 0 Å². The highest BCUT2D eigenvalue weighted by Gasteiger charge is 2.01. The molecule has 0 fully saturated rings. The van der Waals surface area contributed by atoms with Crippen molar-refractivity contribution >= 4 is 0 Å². The van der Waals surface area contributed by atoms with Crippen LogP contribution in [-0.4, -0.2) is 13.0 Å². The summed E-state index contributed by atoms with van der Waals surface area (Å²) in [5.41, 5.74) is 0. The average molecular weight is 165 g/mol.